The Labute approximate surface area is 103 Å². The second-order valence-corrected chi connectivity index (χ2v) is 5.56. The minimum atomic E-state index is -1.51. The molecule has 0 aromatic carbocycles. The minimum Gasteiger partial charge on any atom is -0.479 e. The SMILES string of the molecule is O=C(O)C1(O)CCCN(C2CCCCCC2)C1. The Kier molecular flexibility index (Phi) is 4.05. The van der Waals surface area contributed by atoms with Crippen LogP contribution >= 0.6 is 0 Å². The average Bonchev–Trinajstić information content (AvgIpc) is 2.57. The van der Waals surface area contributed by atoms with Crippen LogP contribution < -0.4 is 0 Å². The van der Waals surface area contributed by atoms with Gasteiger partial charge in [0, 0.05) is 12.6 Å². The maximum absolute atomic E-state index is 11.1. The first-order valence-corrected chi connectivity index (χ1v) is 6.82. The fourth-order valence-electron chi connectivity index (χ4n) is 3.18. The number of rotatable bonds is 2. The molecule has 0 aromatic rings. The first-order valence-electron chi connectivity index (χ1n) is 6.82. The molecule has 1 heterocycles. The number of carboxylic acid groups (broad SMARTS) is 1. The van der Waals surface area contributed by atoms with Gasteiger partial charge in [0.1, 0.15) is 0 Å². The highest BCUT2D eigenvalue weighted by molar-refractivity contribution is 5.77. The van der Waals surface area contributed by atoms with Gasteiger partial charge in [-0.1, -0.05) is 25.7 Å². The topological polar surface area (TPSA) is 60.8 Å². The number of aliphatic hydroxyl groups is 1. The van der Waals surface area contributed by atoms with E-state index in [-0.39, 0.29) is 0 Å². The number of piperidine rings is 1. The molecule has 0 aromatic heterocycles. The summed E-state index contributed by atoms with van der Waals surface area (Å²) < 4.78 is 0. The van der Waals surface area contributed by atoms with Gasteiger partial charge in [-0.05, 0) is 32.2 Å². The number of hydrogen-bond donors (Lipinski definition) is 2. The zero-order valence-electron chi connectivity index (χ0n) is 10.4. The zero-order chi connectivity index (χ0) is 12.3. The molecule has 1 aliphatic heterocycles. The monoisotopic (exact) mass is 241 g/mol. The van der Waals surface area contributed by atoms with Crippen LogP contribution in [0, 0.1) is 0 Å². The molecule has 1 atom stereocenters. The van der Waals surface area contributed by atoms with Crippen molar-refractivity contribution in [1.29, 1.82) is 0 Å². The van der Waals surface area contributed by atoms with Gasteiger partial charge in [0.15, 0.2) is 5.60 Å². The molecule has 2 aliphatic rings. The lowest BCUT2D eigenvalue weighted by molar-refractivity contribution is -0.165. The predicted molar refractivity (Wildman–Crippen MR) is 64.9 cm³/mol. The van der Waals surface area contributed by atoms with Gasteiger partial charge in [-0.2, -0.15) is 0 Å². The fraction of sp³-hybridized carbons (Fsp3) is 0.923. The van der Waals surface area contributed by atoms with Crippen LogP contribution in [0.5, 0.6) is 0 Å². The number of carbonyl (C=O) groups is 1. The quantitative estimate of drug-likeness (QED) is 0.721. The minimum absolute atomic E-state index is 0.312. The molecule has 0 spiro atoms. The summed E-state index contributed by atoms with van der Waals surface area (Å²) in [6.45, 7) is 1.26. The molecule has 4 heteroatoms. The van der Waals surface area contributed by atoms with Gasteiger partial charge in [0.2, 0.25) is 0 Å². The smallest absolute Gasteiger partial charge is 0.337 e. The van der Waals surface area contributed by atoms with Gasteiger partial charge in [-0.25, -0.2) is 4.79 Å². The van der Waals surface area contributed by atoms with Crippen LogP contribution in [0.3, 0.4) is 0 Å². The highest BCUT2D eigenvalue weighted by Gasteiger charge is 2.41. The molecule has 1 saturated carbocycles. The Morgan fingerprint density at radius 3 is 2.35 bits per heavy atom. The molecule has 98 valence electrons. The lowest BCUT2D eigenvalue weighted by Gasteiger charge is -2.40. The van der Waals surface area contributed by atoms with E-state index in [0.29, 0.717) is 19.0 Å². The summed E-state index contributed by atoms with van der Waals surface area (Å²) in [6.07, 6.45) is 8.59. The molecule has 0 radical (unpaired) electrons. The fourth-order valence-corrected chi connectivity index (χ4v) is 3.18. The van der Waals surface area contributed by atoms with E-state index in [9.17, 15) is 9.90 Å². The molecule has 2 rings (SSSR count). The molecule has 0 bridgehead atoms. The van der Waals surface area contributed by atoms with Gasteiger partial charge in [0.25, 0.3) is 0 Å². The molecular formula is C13H23NO3. The van der Waals surface area contributed by atoms with Crippen LogP contribution in [-0.2, 0) is 4.79 Å². The van der Waals surface area contributed by atoms with Crippen molar-refractivity contribution >= 4 is 5.97 Å². The Morgan fingerprint density at radius 2 is 1.76 bits per heavy atom. The van der Waals surface area contributed by atoms with Crippen LogP contribution in [0.4, 0.5) is 0 Å². The molecule has 1 saturated heterocycles. The van der Waals surface area contributed by atoms with E-state index in [4.69, 9.17) is 5.11 Å². The normalized spacial score (nSPS) is 33.2. The van der Waals surface area contributed by atoms with E-state index < -0.39 is 11.6 Å². The Hall–Kier alpha value is -0.610. The standard InChI is InChI=1S/C13H23NO3/c15-12(16)13(17)8-5-9-14(10-13)11-6-3-1-2-4-7-11/h11,17H,1-10H2,(H,15,16). The van der Waals surface area contributed by atoms with Gasteiger partial charge in [-0.15, -0.1) is 0 Å². The van der Waals surface area contributed by atoms with E-state index in [1.54, 1.807) is 0 Å². The highest BCUT2D eigenvalue weighted by Crippen LogP contribution is 2.28. The Balaban J connectivity index is 1.98. The van der Waals surface area contributed by atoms with E-state index in [0.717, 1.165) is 25.8 Å². The number of hydrogen-bond acceptors (Lipinski definition) is 3. The largest absolute Gasteiger partial charge is 0.479 e. The van der Waals surface area contributed by atoms with Crippen molar-refractivity contribution in [2.45, 2.75) is 63.0 Å². The lowest BCUT2D eigenvalue weighted by Crippen LogP contribution is -2.55. The van der Waals surface area contributed by atoms with Crippen molar-refractivity contribution in [3.63, 3.8) is 0 Å². The van der Waals surface area contributed by atoms with Gasteiger partial charge in [-0.3, -0.25) is 4.90 Å². The first kappa shape index (κ1) is 12.8. The van der Waals surface area contributed by atoms with Gasteiger partial charge < -0.3 is 10.2 Å². The number of β-amino-alcohol motifs (C(OH)–C–C–N with tert-alkyl or cyclic N) is 1. The molecule has 2 fully saturated rings. The van der Waals surface area contributed by atoms with E-state index in [2.05, 4.69) is 4.90 Å². The van der Waals surface area contributed by atoms with Crippen LogP contribution in [0.1, 0.15) is 51.4 Å². The lowest BCUT2D eigenvalue weighted by atomic mass is 9.91. The maximum Gasteiger partial charge on any atom is 0.337 e. The summed E-state index contributed by atoms with van der Waals surface area (Å²) in [5, 5.41) is 19.2. The third-order valence-corrected chi connectivity index (χ3v) is 4.24. The van der Waals surface area contributed by atoms with Crippen molar-refractivity contribution < 1.29 is 15.0 Å². The van der Waals surface area contributed by atoms with Crippen molar-refractivity contribution in [2.75, 3.05) is 13.1 Å². The third-order valence-electron chi connectivity index (χ3n) is 4.24. The summed E-state index contributed by atoms with van der Waals surface area (Å²) in [4.78, 5) is 13.3. The summed E-state index contributed by atoms with van der Waals surface area (Å²) in [5.41, 5.74) is -1.51. The summed E-state index contributed by atoms with van der Waals surface area (Å²) in [5.74, 6) is -1.06. The van der Waals surface area contributed by atoms with E-state index >= 15 is 0 Å². The highest BCUT2D eigenvalue weighted by atomic mass is 16.4. The predicted octanol–water partition coefficient (Wildman–Crippen LogP) is 1.62. The molecule has 2 N–H and O–H groups in total. The molecule has 0 amide bonds. The number of likely N-dealkylation sites (tertiary alicyclic amines) is 1. The van der Waals surface area contributed by atoms with Crippen LogP contribution in [0.15, 0.2) is 0 Å². The molecule has 1 unspecified atom stereocenters. The number of carboxylic acids is 1. The first-order chi connectivity index (χ1) is 8.12. The molecule has 4 nitrogen and oxygen atoms in total. The van der Waals surface area contributed by atoms with Crippen LogP contribution in [0.25, 0.3) is 0 Å². The second kappa shape index (κ2) is 5.36. The van der Waals surface area contributed by atoms with Crippen molar-refractivity contribution in [1.82, 2.24) is 4.90 Å². The second-order valence-electron chi connectivity index (χ2n) is 5.56. The third kappa shape index (κ3) is 2.99. The van der Waals surface area contributed by atoms with Gasteiger partial charge in [0.05, 0.1) is 0 Å². The zero-order valence-corrected chi connectivity index (χ0v) is 10.4. The summed E-state index contributed by atoms with van der Waals surface area (Å²) in [7, 11) is 0. The molecule has 1 aliphatic carbocycles. The van der Waals surface area contributed by atoms with Crippen molar-refractivity contribution in [3.8, 4) is 0 Å². The van der Waals surface area contributed by atoms with E-state index in [1.165, 1.54) is 25.7 Å². The Morgan fingerprint density at radius 1 is 1.12 bits per heavy atom. The van der Waals surface area contributed by atoms with Crippen molar-refractivity contribution in [3.05, 3.63) is 0 Å². The van der Waals surface area contributed by atoms with Gasteiger partial charge >= 0.3 is 5.97 Å². The summed E-state index contributed by atoms with van der Waals surface area (Å²) >= 11 is 0. The summed E-state index contributed by atoms with van der Waals surface area (Å²) in [6, 6.07) is 0.490. The van der Waals surface area contributed by atoms with E-state index in [1.807, 2.05) is 0 Å². The Bertz CT molecular complexity index is 274. The maximum atomic E-state index is 11.1. The van der Waals surface area contributed by atoms with Crippen LogP contribution in [0.2, 0.25) is 0 Å². The molecule has 17 heavy (non-hydrogen) atoms. The number of aliphatic carboxylic acids is 1. The van der Waals surface area contributed by atoms with Crippen molar-refractivity contribution in [2.24, 2.45) is 0 Å². The van der Waals surface area contributed by atoms with Crippen LogP contribution in [-0.4, -0.2) is 45.8 Å². The average molecular weight is 241 g/mol. The number of nitrogens with zero attached hydrogens (tertiary/aromatic N) is 1. The molecular weight excluding hydrogens is 218 g/mol.